The van der Waals surface area contributed by atoms with Crippen molar-refractivity contribution in [3.8, 4) is 11.1 Å². The van der Waals surface area contributed by atoms with E-state index in [4.69, 9.17) is 0 Å². The summed E-state index contributed by atoms with van der Waals surface area (Å²) in [6, 6.07) is 46.8. The summed E-state index contributed by atoms with van der Waals surface area (Å²) in [5, 5.41) is 5.22. The van der Waals surface area contributed by atoms with E-state index < -0.39 is 0 Å². The Morgan fingerprint density at radius 1 is 0.538 bits per heavy atom. The number of anilines is 3. The third-order valence-corrected chi connectivity index (χ3v) is 9.62. The second-order valence-corrected chi connectivity index (χ2v) is 12.1. The van der Waals surface area contributed by atoms with Crippen LogP contribution in [0.5, 0.6) is 0 Å². The molecule has 1 aliphatic carbocycles. The average molecular weight is 518 g/mol. The summed E-state index contributed by atoms with van der Waals surface area (Å²) < 4.78 is 2.64. The quantitative estimate of drug-likeness (QED) is 0.225. The Labute approximate surface area is 232 Å². The zero-order chi connectivity index (χ0) is 26.1. The summed E-state index contributed by atoms with van der Waals surface area (Å²) in [5.74, 6) is 0. The molecule has 2 heteroatoms. The molecular weight excluding hydrogens is 490 g/mol. The highest BCUT2D eigenvalue weighted by molar-refractivity contribution is 7.26. The Balaban J connectivity index is 1.38. The van der Waals surface area contributed by atoms with Crippen molar-refractivity contribution in [2.24, 2.45) is 0 Å². The molecule has 0 atom stereocenters. The van der Waals surface area contributed by atoms with E-state index in [9.17, 15) is 0 Å². The fourth-order valence-corrected chi connectivity index (χ4v) is 7.72. The van der Waals surface area contributed by atoms with Gasteiger partial charge in [-0.05, 0) is 75.5 Å². The monoisotopic (exact) mass is 517 g/mol. The second-order valence-electron chi connectivity index (χ2n) is 11.0. The van der Waals surface area contributed by atoms with Crippen LogP contribution in [0.15, 0.2) is 127 Å². The summed E-state index contributed by atoms with van der Waals surface area (Å²) >= 11 is 1.89. The van der Waals surface area contributed by atoms with Crippen molar-refractivity contribution in [2.45, 2.75) is 19.3 Å². The van der Waals surface area contributed by atoms with Crippen molar-refractivity contribution in [2.75, 3.05) is 4.90 Å². The summed E-state index contributed by atoms with van der Waals surface area (Å²) in [4.78, 5) is 2.44. The largest absolute Gasteiger partial charge is 0.309 e. The third-order valence-electron chi connectivity index (χ3n) is 8.42. The van der Waals surface area contributed by atoms with Gasteiger partial charge in [0.15, 0.2) is 0 Å². The van der Waals surface area contributed by atoms with Crippen LogP contribution < -0.4 is 4.90 Å². The van der Waals surface area contributed by atoms with Crippen LogP contribution in [0.4, 0.5) is 17.1 Å². The SMILES string of the molecule is CC1(C)c2ccccc2-c2ccc(N(c3ccccc3)c3cccc4c3sc3cc5ccccc5cc34)cc21. The van der Waals surface area contributed by atoms with Gasteiger partial charge in [0.1, 0.15) is 0 Å². The Morgan fingerprint density at radius 2 is 1.26 bits per heavy atom. The second kappa shape index (κ2) is 8.30. The number of hydrogen-bond acceptors (Lipinski definition) is 2. The molecule has 0 fully saturated rings. The number of hydrogen-bond donors (Lipinski definition) is 0. The highest BCUT2D eigenvalue weighted by atomic mass is 32.1. The van der Waals surface area contributed by atoms with E-state index in [-0.39, 0.29) is 5.41 Å². The minimum Gasteiger partial charge on any atom is -0.309 e. The van der Waals surface area contributed by atoms with E-state index in [1.54, 1.807) is 0 Å². The van der Waals surface area contributed by atoms with Crippen molar-refractivity contribution >= 4 is 59.3 Å². The summed E-state index contributed by atoms with van der Waals surface area (Å²) in [7, 11) is 0. The van der Waals surface area contributed by atoms with Crippen LogP contribution in [0.1, 0.15) is 25.0 Å². The van der Waals surface area contributed by atoms with Crippen LogP contribution in [-0.2, 0) is 5.41 Å². The predicted molar refractivity (Wildman–Crippen MR) is 169 cm³/mol. The Hall–Kier alpha value is -4.40. The molecule has 0 bridgehead atoms. The van der Waals surface area contributed by atoms with E-state index in [0.717, 1.165) is 0 Å². The van der Waals surface area contributed by atoms with Crippen molar-refractivity contribution in [3.63, 3.8) is 0 Å². The van der Waals surface area contributed by atoms with Crippen molar-refractivity contribution in [3.05, 3.63) is 139 Å². The van der Waals surface area contributed by atoms with E-state index in [1.807, 2.05) is 11.3 Å². The van der Waals surface area contributed by atoms with Crippen LogP contribution in [0, 0.1) is 0 Å². The maximum Gasteiger partial charge on any atom is 0.0640 e. The Morgan fingerprint density at radius 3 is 2.10 bits per heavy atom. The molecule has 1 aliphatic rings. The zero-order valence-corrected chi connectivity index (χ0v) is 22.8. The van der Waals surface area contributed by atoms with Gasteiger partial charge in [-0.2, -0.15) is 0 Å². The van der Waals surface area contributed by atoms with Crippen LogP contribution >= 0.6 is 11.3 Å². The van der Waals surface area contributed by atoms with Crippen molar-refractivity contribution in [1.29, 1.82) is 0 Å². The number of nitrogens with zero attached hydrogens (tertiary/aromatic N) is 1. The van der Waals surface area contributed by atoms with Gasteiger partial charge in [-0.15, -0.1) is 11.3 Å². The summed E-state index contributed by atoms with van der Waals surface area (Å²) in [5.41, 5.74) is 9.02. The van der Waals surface area contributed by atoms with E-state index >= 15 is 0 Å². The van der Waals surface area contributed by atoms with Crippen molar-refractivity contribution < 1.29 is 0 Å². The van der Waals surface area contributed by atoms with E-state index in [0.29, 0.717) is 0 Å². The first-order chi connectivity index (χ1) is 19.1. The lowest BCUT2D eigenvalue weighted by Gasteiger charge is -2.28. The minimum atomic E-state index is -0.0476. The number of fused-ring (bicyclic) bond motifs is 7. The molecule has 1 aromatic heterocycles. The lowest BCUT2D eigenvalue weighted by Crippen LogP contribution is -2.16. The first kappa shape index (κ1) is 22.6. The molecule has 0 aliphatic heterocycles. The van der Waals surface area contributed by atoms with Crippen LogP contribution in [0.25, 0.3) is 42.1 Å². The van der Waals surface area contributed by atoms with Gasteiger partial charge >= 0.3 is 0 Å². The smallest absolute Gasteiger partial charge is 0.0640 e. The molecule has 0 radical (unpaired) electrons. The number of para-hydroxylation sites is 1. The lowest BCUT2D eigenvalue weighted by atomic mass is 9.82. The van der Waals surface area contributed by atoms with Gasteiger partial charge in [0.2, 0.25) is 0 Å². The molecule has 0 unspecified atom stereocenters. The summed E-state index contributed by atoms with van der Waals surface area (Å²) in [6.07, 6.45) is 0. The molecule has 0 amide bonds. The Kier molecular flexibility index (Phi) is 4.80. The van der Waals surface area contributed by atoms with Crippen molar-refractivity contribution in [1.82, 2.24) is 0 Å². The van der Waals surface area contributed by atoms with Crippen LogP contribution in [0.2, 0.25) is 0 Å². The predicted octanol–water partition coefficient (Wildman–Crippen LogP) is 11.0. The van der Waals surface area contributed by atoms with Gasteiger partial charge in [0, 0.05) is 32.3 Å². The molecule has 0 saturated heterocycles. The molecule has 0 saturated carbocycles. The zero-order valence-electron chi connectivity index (χ0n) is 22.0. The maximum absolute atomic E-state index is 2.44. The summed E-state index contributed by atoms with van der Waals surface area (Å²) in [6.45, 7) is 4.71. The molecule has 186 valence electrons. The molecule has 0 N–H and O–H groups in total. The van der Waals surface area contributed by atoms with Gasteiger partial charge in [-0.25, -0.2) is 0 Å². The average Bonchev–Trinajstić information content (AvgIpc) is 3.45. The highest BCUT2D eigenvalue weighted by Crippen LogP contribution is 2.51. The van der Waals surface area contributed by atoms with Gasteiger partial charge in [-0.1, -0.05) is 98.8 Å². The fourth-order valence-electron chi connectivity index (χ4n) is 6.48. The maximum atomic E-state index is 2.44. The van der Waals surface area contributed by atoms with Gasteiger partial charge in [-0.3, -0.25) is 0 Å². The molecule has 8 rings (SSSR count). The van der Waals surface area contributed by atoms with E-state index in [1.165, 1.54) is 70.3 Å². The first-order valence-electron chi connectivity index (χ1n) is 13.5. The normalized spacial score (nSPS) is 13.6. The fraction of sp³-hybridized carbons (Fsp3) is 0.0811. The highest BCUT2D eigenvalue weighted by Gasteiger charge is 2.35. The standard InChI is InChI=1S/C37H27NS/c1-37(2)32-17-9-8-15-28(32)29-20-19-27(23-33(29)37)38(26-13-4-3-5-14-26)34-18-10-16-30-31-21-24-11-6-7-12-25(24)22-35(31)39-36(30)34/h3-23H,1-2H3. The molecular formula is C37H27NS. The van der Waals surface area contributed by atoms with Gasteiger partial charge < -0.3 is 4.90 Å². The van der Waals surface area contributed by atoms with Crippen LogP contribution in [0.3, 0.4) is 0 Å². The van der Waals surface area contributed by atoms with Crippen LogP contribution in [-0.4, -0.2) is 0 Å². The van der Waals surface area contributed by atoms with Gasteiger partial charge in [0.05, 0.1) is 10.4 Å². The number of benzene rings is 6. The van der Waals surface area contributed by atoms with E-state index in [2.05, 4.69) is 146 Å². The topological polar surface area (TPSA) is 3.24 Å². The minimum absolute atomic E-state index is 0.0476. The third kappa shape index (κ3) is 3.32. The Bertz CT molecular complexity index is 2050. The molecule has 39 heavy (non-hydrogen) atoms. The molecule has 6 aromatic carbocycles. The van der Waals surface area contributed by atoms with Gasteiger partial charge in [0.25, 0.3) is 0 Å². The number of rotatable bonds is 3. The first-order valence-corrected chi connectivity index (χ1v) is 14.3. The number of thiophene rings is 1. The molecule has 0 spiro atoms. The molecule has 1 heterocycles. The molecule has 1 nitrogen and oxygen atoms in total. The molecule has 7 aromatic rings. The lowest BCUT2D eigenvalue weighted by molar-refractivity contribution is 0.660.